The minimum Gasteiger partial charge on any atom is -0.506 e. The van der Waals surface area contributed by atoms with Crippen LogP contribution in [0.25, 0.3) is 89.0 Å². The molecule has 8 aliphatic carbocycles. The van der Waals surface area contributed by atoms with E-state index in [1.165, 1.54) is 134 Å². The monoisotopic (exact) mass is 1860 g/mol. The summed E-state index contributed by atoms with van der Waals surface area (Å²) < 4.78 is 47.2. The van der Waals surface area contributed by atoms with Crippen LogP contribution in [0.5, 0.6) is 17.2 Å². The molecule has 4 aromatic carbocycles. The summed E-state index contributed by atoms with van der Waals surface area (Å²) in [4.78, 5) is 66.7. The van der Waals surface area contributed by atoms with Gasteiger partial charge in [-0.15, -0.1) is 0 Å². The molecule has 28 nitrogen and oxygen atoms in total. The van der Waals surface area contributed by atoms with Crippen LogP contribution in [-0.4, -0.2) is 277 Å². The number of nitrogens with zero attached hydrogens (tertiary/aromatic N) is 17. The number of benzene rings is 4. The summed E-state index contributed by atoms with van der Waals surface area (Å²) in [5.41, 5.74) is 26.8. The number of pyridine rings is 4. The summed E-state index contributed by atoms with van der Waals surface area (Å²) in [6, 6.07) is 37.9. The quantitative estimate of drug-likeness (QED) is 0.0446. The molecule has 0 unspecified atom stereocenters. The molecule has 4 saturated heterocycles. The molecule has 138 heavy (non-hydrogen) atoms. The number of ether oxygens (including phenoxy) is 6. The van der Waals surface area contributed by atoms with Crippen molar-refractivity contribution in [2.45, 2.75) is 177 Å². The molecule has 12 heterocycles. The summed E-state index contributed by atoms with van der Waals surface area (Å²) in [5.74, 6) is 5.21. The molecule has 4 aliphatic heterocycles. The number of morpholine rings is 4. The normalized spacial score (nSPS) is 22.1. The highest BCUT2D eigenvalue weighted by Crippen LogP contribution is 2.48. The first-order valence-corrected chi connectivity index (χ1v) is 50.1. The Kier molecular flexibility index (Phi) is 28.9. The number of halogens is 1. The van der Waals surface area contributed by atoms with Gasteiger partial charge in [0, 0.05) is 202 Å². The highest BCUT2D eigenvalue weighted by atomic mass is 19.1. The van der Waals surface area contributed by atoms with E-state index in [1.54, 1.807) is 63.3 Å². The van der Waals surface area contributed by atoms with E-state index in [-0.39, 0.29) is 11.6 Å². The van der Waals surface area contributed by atoms with Gasteiger partial charge < -0.3 is 59.7 Å². The lowest BCUT2D eigenvalue weighted by atomic mass is 9.89. The van der Waals surface area contributed by atoms with Crippen LogP contribution in [0.2, 0.25) is 0 Å². The molecule has 716 valence electrons. The number of hydrogen-bond acceptors (Lipinski definition) is 28. The van der Waals surface area contributed by atoms with Crippen molar-refractivity contribution in [2.24, 2.45) is 0 Å². The van der Waals surface area contributed by atoms with Gasteiger partial charge in [-0.1, -0.05) is 48.5 Å². The van der Waals surface area contributed by atoms with Crippen molar-refractivity contribution >= 4 is 23.3 Å². The summed E-state index contributed by atoms with van der Waals surface area (Å²) in [7, 11) is 5.76. The summed E-state index contributed by atoms with van der Waals surface area (Å²) in [6.45, 7) is 17.0. The third-order valence-electron chi connectivity index (χ3n) is 30.3. The minimum atomic E-state index is -0.327. The van der Waals surface area contributed by atoms with Crippen molar-refractivity contribution in [1.82, 2.24) is 84.3 Å². The summed E-state index contributed by atoms with van der Waals surface area (Å²) in [5, 5.41) is 25.0. The van der Waals surface area contributed by atoms with Gasteiger partial charge in [0.2, 0.25) is 0 Å². The first-order valence-electron chi connectivity index (χ1n) is 50.1. The zero-order valence-corrected chi connectivity index (χ0v) is 79.5. The average molecular weight is 1860 g/mol. The average Bonchev–Trinajstić information content (AvgIpc) is 1.63. The molecule has 8 aromatic heterocycles. The van der Waals surface area contributed by atoms with Crippen LogP contribution >= 0.6 is 0 Å². The van der Waals surface area contributed by atoms with Crippen molar-refractivity contribution in [2.75, 3.05) is 161 Å². The molecule has 0 spiro atoms. The second-order valence-corrected chi connectivity index (χ2v) is 39.1. The van der Waals surface area contributed by atoms with Gasteiger partial charge in [-0.3, -0.25) is 39.5 Å². The molecule has 12 aromatic rings. The van der Waals surface area contributed by atoms with E-state index in [0.717, 1.165) is 293 Å². The van der Waals surface area contributed by atoms with Gasteiger partial charge in [0.25, 0.3) is 0 Å². The van der Waals surface area contributed by atoms with Gasteiger partial charge >= 0.3 is 0 Å². The maximum absolute atomic E-state index is 13.7. The van der Waals surface area contributed by atoms with Crippen LogP contribution in [0.3, 0.4) is 0 Å². The van der Waals surface area contributed by atoms with Crippen LogP contribution in [0.4, 0.5) is 27.7 Å². The van der Waals surface area contributed by atoms with E-state index in [2.05, 4.69) is 168 Å². The molecule has 12 aliphatic rings. The molecule has 29 heteroatoms. The summed E-state index contributed by atoms with van der Waals surface area (Å²) >= 11 is 0. The van der Waals surface area contributed by atoms with E-state index >= 15 is 0 Å². The number of fused-ring (bicyclic) bond motifs is 12. The lowest BCUT2D eigenvalue weighted by Crippen LogP contribution is -2.46. The second kappa shape index (κ2) is 43.2. The number of rotatable bonds is 21. The molecule has 8 fully saturated rings. The van der Waals surface area contributed by atoms with E-state index in [4.69, 9.17) is 38.4 Å². The van der Waals surface area contributed by atoms with Crippen LogP contribution in [0.1, 0.15) is 148 Å². The Morgan fingerprint density at radius 2 is 0.630 bits per heavy atom. The fraction of sp³-hybridized carbons (Fsp3) is 0.450. The maximum Gasteiger partial charge on any atom is 0.142 e. The molecular weight excluding hydrogens is 1730 g/mol. The van der Waals surface area contributed by atoms with E-state index in [9.17, 15) is 9.50 Å². The highest BCUT2D eigenvalue weighted by Gasteiger charge is 2.37. The van der Waals surface area contributed by atoms with Crippen molar-refractivity contribution in [1.29, 1.82) is 0 Å². The standard InChI is InChI=1S/C30H38N6O2.C27H31N5O2.C26H28FN5O.C26H29N5O2/c1-35(2)9-14-38-26-15-23(18-31-19-26)21-3-4-22-17-28-29(27(22)16-21)30(33-20-32-28)34-24-5-7-25(8-6-24)36-10-12-37-13-11-36;1-33-23-12-20(15-28-16-23)18-2-3-19-14-25-26(24(19)13-18)27(30-17-29-25)31-21-4-6-22(7-5-21)32-8-10-34-11-9-32;27-20-11-19(14-28-15-20)17-1-2-18-13-24-25(23(18)12-17)26(30-16-29-24)31-21-3-5-22(6-4-21)32-7-9-33-10-8-32;32-22-11-19(14-27-15-22)17-1-2-18-13-24-25(23(18)12-17)26(29-16-28-24)30-20-3-5-21(6-4-20)31-7-9-33-10-8-31/h3-4,15-16,18-20,24-25H,5-14,17H2,1-2H3,(H,32,33,34);2-3,12-13,15-17,21-22H,4-11,14H2,1H3,(H,29,30,31);1-2,11-12,14-16,21-22H,3-10,13H2,(H,29,30,31);1-2,11-12,14-16,20-21,32H,3-10,13H2,(H,28,29,30). The third kappa shape index (κ3) is 21.4. The molecule has 4 saturated carbocycles. The fourth-order valence-electron chi connectivity index (χ4n) is 22.8. The number of nitrogens with one attached hydrogen (secondary N) is 4. The van der Waals surface area contributed by atoms with E-state index < -0.39 is 0 Å². The Morgan fingerprint density at radius 3 is 0.935 bits per heavy atom. The molecule has 24 rings (SSSR count). The lowest BCUT2D eigenvalue weighted by molar-refractivity contribution is 0.00788. The molecule has 5 N–H and O–H groups in total. The van der Waals surface area contributed by atoms with Crippen molar-refractivity contribution in [3.8, 4) is 106 Å². The van der Waals surface area contributed by atoms with E-state index in [0.29, 0.717) is 54.9 Å². The Hall–Kier alpha value is -12.0. The fourth-order valence-corrected chi connectivity index (χ4v) is 22.8. The number of methoxy groups -OCH3 is 1. The van der Waals surface area contributed by atoms with E-state index in [1.807, 2.05) is 38.6 Å². The molecular formula is C109H126FN21O7. The van der Waals surface area contributed by atoms with Gasteiger partial charge in [-0.2, -0.15) is 0 Å². The Balaban J connectivity index is 0.000000110. The van der Waals surface area contributed by atoms with Gasteiger partial charge in [0.15, 0.2) is 0 Å². The van der Waals surface area contributed by atoms with Gasteiger partial charge in [-0.05, 0) is 232 Å². The predicted octanol–water partition coefficient (Wildman–Crippen LogP) is 16.5. The van der Waals surface area contributed by atoms with Gasteiger partial charge in [0.05, 0.1) is 108 Å². The second-order valence-electron chi connectivity index (χ2n) is 39.1. The number of hydrogen-bond donors (Lipinski definition) is 5. The number of aromatic nitrogens is 12. The smallest absolute Gasteiger partial charge is 0.142 e. The van der Waals surface area contributed by atoms with Crippen LogP contribution < -0.4 is 30.7 Å². The van der Waals surface area contributed by atoms with Crippen LogP contribution in [0, 0.1) is 5.82 Å². The predicted molar refractivity (Wildman–Crippen MR) is 534 cm³/mol. The van der Waals surface area contributed by atoms with Gasteiger partial charge in [0.1, 0.15) is 78.3 Å². The molecule has 0 radical (unpaired) electrons. The minimum absolute atomic E-state index is 0.173. The number of anilines is 4. The lowest BCUT2D eigenvalue weighted by Gasteiger charge is -2.39. The molecule has 0 amide bonds. The van der Waals surface area contributed by atoms with Crippen molar-refractivity contribution in [3.05, 3.63) is 223 Å². The largest absolute Gasteiger partial charge is 0.506 e. The van der Waals surface area contributed by atoms with Gasteiger partial charge in [-0.25, -0.2) is 44.3 Å². The Morgan fingerprint density at radius 1 is 0.341 bits per heavy atom. The number of aromatic hydroxyl groups is 1. The highest BCUT2D eigenvalue weighted by molar-refractivity contribution is 5.91. The topological polar surface area (TPSA) is 295 Å². The van der Waals surface area contributed by atoms with Crippen LogP contribution in [-0.2, 0) is 44.6 Å². The van der Waals surface area contributed by atoms with Crippen LogP contribution in [0.15, 0.2) is 172 Å². The van der Waals surface area contributed by atoms with Crippen molar-refractivity contribution in [3.63, 3.8) is 0 Å². The summed E-state index contributed by atoms with van der Waals surface area (Å²) in [6.07, 6.45) is 42.6. The zero-order chi connectivity index (χ0) is 93.2. The van der Waals surface area contributed by atoms with Crippen molar-refractivity contribution < 1.29 is 37.9 Å². The first kappa shape index (κ1) is 92.3. The Bertz CT molecular complexity index is 6040. The number of likely N-dealkylation sites (N-methyl/N-ethyl adjacent to an activating group) is 1. The Labute approximate surface area is 807 Å². The zero-order valence-electron chi connectivity index (χ0n) is 79.5. The third-order valence-corrected chi connectivity index (χ3v) is 30.3. The first-order chi connectivity index (χ1) is 67.9. The molecule has 0 atom stereocenters. The SMILES string of the molecule is CN(C)CCOc1cncc(-c2ccc3c(c2)-c2c(ncnc2NC2CCC(N4CCOCC4)CC2)C3)c1.COc1cncc(-c2ccc3c(c2)-c2c(ncnc2NC2CCC(N4CCOCC4)CC2)C3)c1.Fc1cncc(-c2ccc3c(c2)-c2c(ncnc2NC2CCC(N4CCOCC4)CC2)C3)c1.Oc1cncc(-c2ccc3c(c2)-c2c(ncnc2NC2CCC(N4CCOCC4)CC2)C3)c1. The molecule has 0 bridgehead atoms. The maximum atomic E-state index is 13.7.